The quantitative estimate of drug-likeness (QED) is 0.324. The third-order valence-electron chi connectivity index (χ3n) is 5.28. The zero-order chi connectivity index (χ0) is 22.7. The number of benzene rings is 1. The van der Waals surface area contributed by atoms with Crippen molar-refractivity contribution in [3.8, 4) is 17.6 Å². The van der Waals surface area contributed by atoms with Crippen molar-refractivity contribution in [1.29, 1.82) is 0 Å². The normalized spacial score (nSPS) is 15.2. The van der Waals surface area contributed by atoms with Gasteiger partial charge >= 0.3 is 11.7 Å². The second kappa shape index (κ2) is 7.02. The summed E-state index contributed by atoms with van der Waals surface area (Å²) in [5.74, 6) is -0.873. The molecule has 33 heavy (non-hydrogen) atoms. The first-order chi connectivity index (χ1) is 15.9. The minimum Gasteiger partial charge on any atom is -0.493 e. The van der Waals surface area contributed by atoms with E-state index in [0.29, 0.717) is 21.8 Å². The molecular weight excluding hydrogens is 431 g/mol. The standard InChI is InChI=1S/C21H17FN8O3/c1-9-6-12-13(24-9)4-5-15(16(12)22)33-21-27-17-10(7-14-18(31)28-20(32)26-14)8-23-30(17)19(29-21)25-11-2-3-11/h4-8,11,24,31H,2-3H2,1H3,(H2,26,28,32). The highest BCUT2D eigenvalue weighted by atomic mass is 19.1. The summed E-state index contributed by atoms with van der Waals surface area (Å²) >= 11 is 0. The van der Waals surface area contributed by atoms with Gasteiger partial charge in [0.25, 0.3) is 5.62 Å². The summed E-state index contributed by atoms with van der Waals surface area (Å²) in [5, 5.41) is 15.0. The van der Waals surface area contributed by atoms with Crippen LogP contribution in [0.4, 0.5) is 4.39 Å². The maximum atomic E-state index is 15.0. The highest BCUT2D eigenvalue weighted by Gasteiger charge is 2.21. The number of aromatic amines is 3. The van der Waals surface area contributed by atoms with E-state index in [9.17, 15) is 9.90 Å². The van der Waals surface area contributed by atoms with E-state index in [4.69, 9.17) is 4.74 Å². The van der Waals surface area contributed by atoms with Gasteiger partial charge in [0.05, 0.1) is 12.2 Å². The summed E-state index contributed by atoms with van der Waals surface area (Å²) < 4.78 is 22.2. The molecule has 0 aliphatic heterocycles. The molecule has 0 spiro atoms. The fourth-order valence-corrected chi connectivity index (χ4v) is 3.57. The molecule has 0 unspecified atom stereocenters. The fourth-order valence-electron chi connectivity index (χ4n) is 3.57. The summed E-state index contributed by atoms with van der Waals surface area (Å²) in [4.78, 5) is 32.6. The Hall–Kier alpha value is -4.48. The van der Waals surface area contributed by atoms with E-state index in [1.54, 1.807) is 12.1 Å². The SMILES string of the molecule is Cc1cc2c(F)c(Oc3nc(=NC4CC4)n4ncc(=Cc5[nH]c(=O)[nH]c5O)c4n3)ccc2[nH]1. The molecule has 5 aromatic rings. The Morgan fingerprint density at radius 2 is 2.12 bits per heavy atom. The second-order valence-electron chi connectivity index (χ2n) is 7.88. The predicted molar refractivity (Wildman–Crippen MR) is 114 cm³/mol. The van der Waals surface area contributed by atoms with Gasteiger partial charge in [-0.25, -0.2) is 14.2 Å². The van der Waals surface area contributed by atoms with Crippen molar-refractivity contribution < 1.29 is 14.2 Å². The molecule has 1 fully saturated rings. The summed E-state index contributed by atoms with van der Waals surface area (Å²) in [6.45, 7) is 1.84. The van der Waals surface area contributed by atoms with Crippen LogP contribution in [0.3, 0.4) is 0 Å². The van der Waals surface area contributed by atoms with Crippen molar-refractivity contribution >= 4 is 22.6 Å². The molecular formula is C21H17FN8O3. The maximum Gasteiger partial charge on any atom is 0.327 e. The molecule has 166 valence electrons. The van der Waals surface area contributed by atoms with Gasteiger partial charge in [0, 0.05) is 21.8 Å². The van der Waals surface area contributed by atoms with Gasteiger partial charge in [0.2, 0.25) is 5.88 Å². The van der Waals surface area contributed by atoms with Crippen LogP contribution < -0.4 is 21.3 Å². The van der Waals surface area contributed by atoms with E-state index in [-0.39, 0.29) is 35.0 Å². The molecule has 1 aliphatic carbocycles. The third kappa shape index (κ3) is 3.41. The third-order valence-corrected chi connectivity index (χ3v) is 5.28. The largest absolute Gasteiger partial charge is 0.493 e. The molecule has 12 heteroatoms. The number of aromatic hydroxyl groups is 1. The number of rotatable bonds is 4. The number of hydrogen-bond acceptors (Lipinski definition) is 7. The number of halogens is 1. The van der Waals surface area contributed by atoms with Crippen LogP contribution in [0.25, 0.3) is 22.6 Å². The molecule has 4 N–H and O–H groups in total. The number of hydrogen-bond donors (Lipinski definition) is 4. The summed E-state index contributed by atoms with van der Waals surface area (Å²) in [5.41, 5.74) is 1.68. The number of ether oxygens (including phenoxy) is 1. The lowest BCUT2D eigenvalue weighted by molar-refractivity contribution is 0.409. The highest BCUT2D eigenvalue weighted by Crippen LogP contribution is 2.29. The Morgan fingerprint density at radius 3 is 2.88 bits per heavy atom. The lowest BCUT2D eigenvalue weighted by atomic mass is 10.2. The van der Waals surface area contributed by atoms with Crippen LogP contribution >= 0.6 is 0 Å². The topological polar surface area (TPSA) is 149 Å². The van der Waals surface area contributed by atoms with Gasteiger partial charge in [-0.2, -0.15) is 19.6 Å². The van der Waals surface area contributed by atoms with Crippen LogP contribution in [0.5, 0.6) is 17.6 Å². The predicted octanol–water partition coefficient (Wildman–Crippen LogP) is 1.18. The smallest absolute Gasteiger partial charge is 0.327 e. The Kier molecular flexibility index (Phi) is 4.09. The van der Waals surface area contributed by atoms with Crippen molar-refractivity contribution in [2.24, 2.45) is 4.99 Å². The van der Waals surface area contributed by atoms with E-state index in [1.165, 1.54) is 22.9 Å². The summed E-state index contributed by atoms with van der Waals surface area (Å²) in [7, 11) is 0. The number of aromatic nitrogens is 7. The van der Waals surface area contributed by atoms with Crippen molar-refractivity contribution in [2.75, 3.05) is 0 Å². The number of H-pyrrole nitrogens is 3. The zero-order valence-electron chi connectivity index (χ0n) is 17.3. The van der Waals surface area contributed by atoms with E-state index >= 15 is 4.39 Å². The van der Waals surface area contributed by atoms with E-state index in [2.05, 4.69) is 35.0 Å². The molecule has 0 radical (unpaired) electrons. The molecule has 0 bridgehead atoms. The number of fused-ring (bicyclic) bond motifs is 2. The first-order valence-electron chi connectivity index (χ1n) is 10.2. The van der Waals surface area contributed by atoms with Gasteiger partial charge in [-0.15, -0.1) is 0 Å². The number of nitrogens with zero attached hydrogens (tertiary/aromatic N) is 5. The van der Waals surface area contributed by atoms with Gasteiger partial charge < -0.3 is 19.8 Å². The molecule has 1 saturated carbocycles. The van der Waals surface area contributed by atoms with Crippen LogP contribution in [0, 0.1) is 12.7 Å². The fraction of sp³-hybridized carbons (Fsp3) is 0.190. The minimum absolute atomic E-state index is 0.0270. The number of imidazole rings is 1. The van der Waals surface area contributed by atoms with Gasteiger partial charge in [0.15, 0.2) is 17.2 Å². The van der Waals surface area contributed by atoms with Crippen LogP contribution in [0.2, 0.25) is 0 Å². The van der Waals surface area contributed by atoms with Crippen LogP contribution in [-0.2, 0) is 0 Å². The monoisotopic (exact) mass is 448 g/mol. The molecule has 0 atom stereocenters. The molecule has 6 rings (SSSR count). The number of aryl methyl sites for hydroxylation is 1. The average Bonchev–Trinajstić information content (AvgIpc) is 3.22. The van der Waals surface area contributed by atoms with Crippen molar-refractivity contribution in [3.63, 3.8) is 0 Å². The first-order valence-corrected chi connectivity index (χ1v) is 10.2. The molecule has 1 aromatic carbocycles. The Bertz CT molecular complexity index is 1720. The van der Waals surface area contributed by atoms with Crippen LogP contribution in [0.15, 0.2) is 34.2 Å². The summed E-state index contributed by atoms with van der Waals surface area (Å²) in [6.07, 6.45) is 4.89. The van der Waals surface area contributed by atoms with Gasteiger partial charge in [0.1, 0.15) is 5.69 Å². The van der Waals surface area contributed by atoms with Crippen molar-refractivity contribution in [3.05, 3.63) is 62.9 Å². The second-order valence-corrected chi connectivity index (χ2v) is 7.88. The Labute approximate surface area is 183 Å². The maximum absolute atomic E-state index is 15.0. The molecule has 4 heterocycles. The molecule has 11 nitrogen and oxygen atoms in total. The molecule has 4 aromatic heterocycles. The van der Waals surface area contributed by atoms with Crippen LogP contribution in [0.1, 0.15) is 24.2 Å². The lowest BCUT2D eigenvalue weighted by Crippen LogP contribution is -2.23. The highest BCUT2D eigenvalue weighted by molar-refractivity contribution is 5.82. The van der Waals surface area contributed by atoms with E-state index in [0.717, 1.165) is 18.5 Å². The Balaban J connectivity index is 1.52. The van der Waals surface area contributed by atoms with Crippen molar-refractivity contribution in [2.45, 2.75) is 25.8 Å². The van der Waals surface area contributed by atoms with Gasteiger partial charge in [-0.1, -0.05) is 0 Å². The summed E-state index contributed by atoms with van der Waals surface area (Å²) in [6, 6.07) is 4.95. The lowest BCUT2D eigenvalue weighted by Gasteiger charge is -2.06. The van der Waals surface area contributed by atoms with E-state index in [1.807, 2.05) is 6.92 Å². The van der Waals surface area contributed by atoms with Crippen molar-refractivity contribution in [1.82, 2.24) is 34.5 Å². The number of nitrogens with one attached hydrogen (secondary N) is 3. The molecule has 0 saturated heterocycles. The minimum atomic E-state index is -0.552. The van der Waals surface area contributed by atoms with Gasteiger partial charge in [-0.05, 0) is 44.0 Å². The zero-order valence-corrected chi connectivity index (χ0v) is 17.3. The first kappa shape index (κ1) is 19.2. The Morgan fingerprint density at radius 1 is 1.27 bits per heavy atom. The molecule has 1 aliphatic rings. The van der Waals surface area contributed by atoms with Crippen LogP contribution in [-0.4, -0.2) is 45.7 Å². The van der Waals surface area contributed by atoms with Gasteiger partial charge in [-0.3, -0.25) is 4.98 Å². The average molecular weight is 448 g/mol. The molecule has 0 amide bonds. The van der Waals surface area contributed by atoms with E-state index < -0.39 is 11.5 Å².